The Bertz CT molecular complexity index is 969. The highest BCUT2D eigenvalue weighted by molar-refractivity contribution is 5.60. The minimum Gasteiger partial charge on any atom is -0.484 e. The minimum atomic E-state index is -0.342. The molecule has 0 saturated heterocycles. The standard InChI is InChI=1S/C19H19FN6O2/c20-12-5-7-13(8-6-12)22-19-24-17(23-18(21)25-19)10-26-9-14(11-27)28-16-4-2-1-3-15(16)26/h1-8,14,27H,9-11H2,(H3,21,22,23,24,25). The lowest BCUT2D eigenvalue weighted by Crippen LogP contribution is -2.41. The first-order valence-corrected chi connectivity index (χ1v) is 8.75. The first-order valence-electron chi connectivity index (χ1n) is 8.75. The topological polar surface area (TPSA) is 109 Å². The Hall–Kier alpha value is -3.46. The molecule has 1 aliphatic heterocycles. The molecular formula is C19H19FN6O2. The molecule has 0 fully saturated rings. The molecule has 1 aliphatic rings. The van der Waals surface area contributed by atoms with Gasteiger partial charge in [-0.15, -0.1) is 0 Å². The SMILES string of the molecule is Nc1nc(CN2CC(CO)Oc3ccccc32)nc(Nc2ccc(F)cc2)n1. The molecule has 2 heterocycles. The number of para-hydroxylation sites is 2. The van der Waals surface area contributed by atoms with Crippen LogP contribution in [0.5, 0.6) is 5.75 Å². The average molecular weight is 382 g/mol. The summed E-state index contributed by atoms with van der Waals surface area (Å²) in [5.41, 5.74) is 7.37. The van der Waals surface area contributed by atoms with Crippen molar-refractivity contribution >= 4 is 23.3 Å². The average Bonchev–Trinajstić information content (AvgIpc) is 2.69. The summed E-state index contributed by atoms with van der Waals surface area (Å²) in [6.07, 6.45) is -0.342. The van der Waals surface area contributed by atoms with Gasteiger partial charge in [0.05, 0.1) is 25.4 Å². The number of nitrogens with one attached hydrogen (secondary N) is 1. The number of rotatable bonds is 5. The molecule has 1 unspecified atom stereocenters. The van der Waals surface area contributed by atoms with Crippen LogP contribution in [-0.4, -0.2) is 39.3 Å². The molecule has 28 heavy (non-hydrogen) atoms. The van der Waals surface area contributed by atoms with Crippen molar-refractivity contribution in [2.24, 2.45) is 0 Å². The lowest BCUT2D eigenvalue weighted by atomic mass is 10.2. The molecule has 0 aliphatic carbocycles. The van der Waals surface area contributed by atoms with Gasteiger partial charge >= 0.3 is 0 Å². The van der Waals surface area contributed by atoms with Crippen LogP contribution < -0.4 is 20.7 Å². The van der Waals surface area contributed by atoms with Crippen molar-refractivity contribution in [3.63, 3.8) is 0 Å². The fourth-order valence-electron chi connectivity index (χ4n) is 3.02. The van der Waals surface area contributed by atoms with Gasteiger partial charge in [0.1, 0.15) is 17.7 Å². The van der Waals surface area contributed by atoms with Gasteiger partial charge in [-0.3, -0.25) is 0 Å². The number of fused-ring (bicyclic) bond motifs is 1. The summed E-state index contributed by atoms with van der Waals surface area (Å²) in [5, 5.41) is 12.5. The monoisotopic (exact) mass is 382 g/mol. The van der Waals surface area contributed by atoms with E-state index in [0.717, 1.165) is 5.69 Å². The molecule has 3 aromatic rings. The fraction of sp³-hybridized carbons (Fsp3) is 0.211. The third kappa shape index (κ3) is 3.94. The first kappa shape index (κ1) is 17.9. The van der Waals surface area contributed by atoms with Gasteiger partial charge in [-0.25, -0.2) is 4.39 Å². The second-order valence-electron chi connectivity index (χ2n) is 6.34. The number of benzene rings is 2. The fourth-order valence-corrected chi connectivity index (χ4v) is 3.02. The maximum Gasteiger partial charge on any atom is 0.232 e. The number of hydrogen-bond acceptors (Lipinski definition) is 8. The van der Waals surface area contributed by atoms with Crippen LogP contribution >= 0.6 is 0 Å². The Morgan fingerprint density at radius 2 is 1.93 bits per heavy atom. The van der Waals surface area contributed by atoms with Crippen molar-refractivity contribution in [2.45, 2.75) is 12.6 Å². The van der Waals surface area contributed by atoms with E-state index in [1.165, 1.54) is 12.1 Å². The van der Waals surface area contributed by atoms with Crippen molar-refractivity contribution < 1.29 is 14.2 Å². The maximum atomic E-state index is 13.1. The second-order valence-corrected chi connectivity index (χ2v) is 6.34. The van der Waals surface area contributed by atoms with E-state index in [9.17, 15) is 9.50 Å². The van der Waals surface area contributed by atoms with Crippen molar-refractivity contribution in [3.05, 3.63) is 60.2 Å². The number of halogens is 1. The Morgan fingerprint density at radius 3 is 2.71 bits per heavy atom. The van der Waals surface area contributed by atoms with E-state index in [2.05, 4.69) is 20.3 Å². The third-order valence-corrected chi connectivity index (χ3v) is 4.26. The van der Waals surface area contributed by atoms with E-state index in [-0.39, 0.29) is 30.4 Å². The summed E-state index contributed by atoms with van der Waals surface area (Å²) in [5.74, 6) is 1.18. The molecule has 0 amide bonds. The number of nitrogen functional groups attached to an aromatic ring is 1. The smallest absolute Gasteiger partial charge is 0.232 e. The molecule has 144 valence electrons. The zero-order valence-corrected chi connectivity index (χ0v) is 14.9. The van der Waals surface area contributed by atoms with Crippen LogP contribution in [0.15, 0.2) is 48.5 Å². The normalized spacial score (nSPS) is 15.6. The summed E-state index contributed by atoms with van der Waals surface area (Å²) in [4.78, 5) is 14.7. The highest BCUT2D eigenvalue weighted by Gasteiger charge is 2.25. The molecule has 1 aromatic heterocycles. The number of hydrogen-bond donors (Lipinski definition) is 3. The van der Waals surface area contributed by atoms with Crippen LogP contribution in [0, 0.1) is 5.82 Å². The van der Waals surface area contributed by atoms with Crippen molar-refractivity contribution in [1.29, 1.82) is 0 Å². The predicted molar refractivity (Wildman–Crippen MR) is 103 cm³/mol. The molecule has 2 aromatic carbocycles. The number of nitrogens with zero attached hydrogens (tertiary/aromatic N) is 4. The zero-order valence-electron chi connectivity index (χ0n) is 14.9. The number of aliphatic hydroxyl groups excluding tert-OH is 1. The molecule has 0 radical (unpaired) electrons. The van der Waals surface area contributed by atoms with Gasteiger partial charge in [-0.05, 0) is 36.4 Å². The summed E-state index contributed by atoms with van der Waals surface area (Å²) < 4.78 is 18.8. The Morgan fingerprint density at radius 1 is 1.14 bits per heavy atom. The molecular weight excluding hydrogens is 363 g/mol. The van der Waals surface area contributed by atoms with Gasteiger partial charge < -0.3 is 25.8 Å². The summed E-state index contributed by atoms with van der Waals surface area (Å²) in [6, 6.07) is 13.4. The number of aliphatic hydroxyl groups is 1. The van der Waals surface area contributed by atoms with Crippen molar-refractivity contribution in [3.8, 4) is 5.75 Å². The van der Waals surface area contributed by atoms with E-state index in [4.69, 9.17) is 10.5 Å². The quantitative estimate of drug-likeness (QED) is 0.615. The maximum absolute atomic E-state index is 13.1. The van der Waals surface area contributed by atoms with Crippen LogP contribution in [0.3, 0.4) is 0 Å². The lowest BCUT2D eigenvalue weighted by Gasteiger charge is -2.35. The molecule has 0 saturated carbocycles. The van der Waals surface area contributed by atoms with E-state index in [0.29, 0.717) is 30.4 Å². The van der Waals surface area contributed by atoms with Crippen LogP contribution in [-0.2, 0) is 6.54 Å². The first-order chi connectivity index (χ1) is 13.6. The number of anilines is 4. The summed E-state index contributed by atoms with van der Waals surface area (Å²) in [7, 11) is 0. The van der Waals surface area contributed by atoms with Crippen molar-refractivity contribution in [1.82, 2.24) is 15.0 Å². The Kier molecular flexibility index (Phi) is 4.90. The predicted octanol–water partition coefficient (Wildman–Crippen LogP) is 2.10. The number of nitrogens with two attached hydrogens (primary N) is 1. The highest BCUT2D eigenvalue weighted by atomic mass is 19.1. The molecule has 0 bridgehead atoms. The molecule has 4 N–H and O–H groups in total. The third-order valence-electron chi connectivity index (χ3n) is 4.26. The van der Waals surface area contributed by atoms with Gasteiger partial charge in [0.25, 0.3) is 0 Å². The largest absolute Gasteiger partial charge is 0.484 e. The lowest BCUT2D eigenvalue weighted by molar-refractivity contribution is 0.112. The van der Waals surface area contributed by atoms with Crippen LogP contribution in [0.2, 0.25) is 0 Å². The molecule has 9 heteroatoms. The molecule has 1 atom stereocenters. The molecule has 8 nitrogen and oxygen atoms in total. The van der Waals surface area contributed by atoms with Gasteiger partial charge in [0.2, 0.25) is 11.9 Å². The summed E-state index contributed by atoms with van der Waals surface area (Å²) in [6.45, 7) is 0.753. The molecule has 4 rings (SSSR count). The molecule has 0 spiro atoms. The number of ether oxygens (including phenoxy) is 1. The second kappa shape index (κ2) is 7.65. The van der Waals surface area contributed by atoms with E-state index in [1.807, 2.05) is 29.2 Å². The van der Waals surface area contributed by atoms with Crippen LogP contribution in [0.4, 0.5) is 27.7 Å². The van der Waals surface area contributed by atoms with Gasteiger partial charge in [0, 0.05) is 5.69 Å². The zero-order chi connectivity index (χ0) is 19.5. The summed E-state index contributed by atoms with van der Waals surface area (Å²) >= 11 is 0. The van der Waals surface area contributed by atoms with E-state index in [1.54, 1.807) is 12.1 Å². The van der Waals surface area contributed by atoms with Gasteiger partial charge in [0.15, 0.2) is 5.82 Å². The van der Waals surface area contributed by atoms with Gasteiger partial charge in [-0.2, -0.15) is 15.0 Å². The van der Waals surface area contributed by atoms with Gasteiger partial charge in [-0.1, -0.05) is 12.1 Å². The van der Waals surface area contributed by atoms with Crippen LogP contribution in [0.1, 0.15) is 5.82 Å². The van der Waals surface area contributed by atoms with E-state index < -0.39 is 0 Å². The highest BCUT2D eigenvalue weighted by Crippen LogP contribution is 2.33. The Balaban J connectivity index is 1.58. The number of aromatic nitrogens is 3. The van der Waals surface area contributed by atoms with E-state index >= 15 is 0 Å². The Labute approximate surface area is 160 Å². The van der Waals surface area contributed by atoms with Crippen LogP contribution in [0.25, 0.3) is 0 Å². The minimum absolute atomic E-state index is 0.0786. The van der Waals surface area contributed by atoms with Crippen molar-refractivity contribution in [2.75, 3.05) is 29.1 Å².